The molecule has 0 bridgehead atoms. The third-order valence-electron chi connectivity index (χ3n) is 6.14. The molecule has 0 saturated carbocycles. The van der Waals surface area contributed by atoms with E-state index in [1.165, 1.54) is 16.6 Å². The lowest BCUT2D eigenvalue weighted by atomic mass is 9.92. The second-order valence-electron chi connectivity index (χ2n) is 8.07. The van der Waals surface area contributed by atoms with Crippen molar-refractivity contribution in [2.75, 3.05) is 20.3 Å². The summed E-state index contributed by atoms with van der Waals surface area (Å²) < 4.78 is 11.1. The number of H-pyrrole nitrogens is 1. The highest BCUT2D eigenvalue weighted by atomic mass is 16.5. The molecule has 32 heavy (non-hydrogen) atoms. The Hall–Kier alpha value is -3.51. The van der Waals surface area contributed by atoms with Crippen LogP contribution in [-0.4, -0.2) is 40.2 Å². The number of pyridine rings is 1. The number of phenols is 1. The van der Waals surface area contributed by atoms with Crippen molar-refractivity contribution < 1.29 is 14.6 Å². The number of nitrogens with zero attached hydrogens (tertiary/aromatic N) is 2. The average Bonchev–Trinajstić information content (AvgIpc) is 3.19. The molecule has 0 fully saturated rings. The highest BCUT2D eigenvalue weighted by Gasteiger charge is 2.32. The first-order chi connectivity index (χ1) is 15.7. The van der Waals surface area contributed by atoms with Crippen molar-refractivity contribution in [2.45, 2.75) is 25.9 Å². The monoisotopic (exact) mass is 429 g/mol. The van der Waals surface area contributed by atoms with E-state index in [9.17, 15) is 5.11 Å². The van der Waals surface area contributed by atoms with Crippen molar-refractivity contribution in [2.24, 2.45) is 0 Å². The van der Waals surface area contributed by atoms with Crippen LogP contribution in [0.4, 0.5) is 0 Å². The Kier molecular flexibility index (Phi) is 5.45. The van der Waals surface area contributed by atoms with Gasteiger partial charge in [0.25, 0.3) is 0 Å². The van der Waals surface area contributed by atoms with Gasteiger partial charge < -0.3 is 19.6 Å². The number of hydrogen-bond acceptors (Lipinski definition) is 5. The number of phenolic OH excluding ortho intramolecular Hbond substituents is 1. The molecule has 1 aliphatic heterocycles. The number of aromatic hydroxyl groups is 1. The molecule has 0 radical (unpaired) electrons. The van der Waals surface area contributed by atoms with E-state index in [-0.39, 0.29) is 11.8 Å². The van der Waals surface area contributed by atoms with Gasteiger partial charge in [0.1, 0.15) is 5.75 Å². The molecule has 6 heteroatoms. The number of benzene rings is 2. The fourth-order valence-electron chi connectivity index (χ4n) is 4.69. The molecule has 0 aliphatic carbocycles. The van der Waals surface area contributed by atoms with Gasteiger partial charge in [0, 0.05) is 42.1 Å². The van der Waals surface area contributed by atoms with Crippen molar-refractivity contribution in [3.63, 3.8) is 0 Å². The van der Waals surface area contributed by atoms with E-state index in [4.69, 9.17) is 9.47 Å². The number of aromatic nitrogens is 2. The van der Waals surface area contributed by atoms with E-state index in [1.54, 1.807) is 13.2 Å². The summed E-state index contributed by atoms with van der Waals surface area (Å²) in [5.74, 6) is 1.57. The predicted octanol–water partition coefficient (Wildman–Crippen LogP) is 4.82. The Morgan fingerprint density at radius 3 is 2.88 bits per heavy atom. The van der Waals surface area contributed by atoms with Crippen LogP contribution in [-0.2, 0) is 13.0 Å². The number of aromatic amines is 1. The van der Waals surface area contributed by atoms with Crippen LogP contribution in [0.1, 0.15) is 35.3 Å². The molecule has 2 aromatic heterocycles. The largest absolute Gasteiger partial charge is 0.504 e. The van der Waals surface area contributed by atoms with Gasteiger partial charge in [-0.15, -0.1) is 0 Å². The molecule has 6 nitrogen and oxygen atoms in total. The first-order valence-electron chi connectivity index (χ1n) is 10.9. The van der Waals surface area contributed by atoms with Crippen LogP contribution in [0.25, 0.3) is 10.9 Å². The second kappa shape index (κ2) is 8.55. The van der Waals surface area contributed by atoms with Gasteiger partial charge in [-0.2, -0.15) is 0 Å². The minimum absolute atomic E-state index is 0.0511. The van der Waals surface area contributed by atoms with Crippen LogP contribution >= 0.6 is 0 Å². The number of rotatable bonds is 6. The van der Waals surface area contributed by atoms with Gasteiger partial charge in [-0.3, -0.25) is 9.88 Å². The summed E-state index contributed by atoms with van der Waals surface area (Å²) in [6.45, 7) is 4.07. The summed E-state index contributed by atoms with van der Waals surface area (Å²) in [6, 6.07) is 16.0. The molecule has 1 unspecified atom stereocenters. The van der Waals surface area contributed by atoms with Crippen molar-refractivity contribution in [3.8, 4) is 17.2 Å². The molecule has 2 N–H and O–H groups in total. The highest BCUT2D eigenvalue weighted by molar-refractivity contribution is 5.86. The SMILES string of the molecule is CCOc1cc(CN2CCc3c([nH]c4ccc(OC)cc34)C2c2cccnc2)ccc1O. The highest BCUT2D eigenvalue weighted by Crippen LogP contribution is 2.40. The Labute approximate surface area is 187 Å². The summed E-state index contributed by atoms with van der Waals surface area (Å²) in [5.41, 5.74) is 5.91. The molecule has 4 aromatic rings. The van der Waals surface area contributed by atoms with Crippen LogP contribution in [0.2, 0.25) is 0 Å². The van der Waals surface area contributed by atoms with Crippen molar-refractivity contribution >= 4 is 10.9 Å². The lowest BCUT2D eigenvalue weighted by Crippen LogP contribution is -2.35. The lowest BCUT2D eigenvalue weighted by Gasteiger charge is -2.36. The van der Waals surface area contributed by atoms with E-state index >= 15 is 0 Å². The maximum Gasteiger partial charge on any atom is 0.161 e. The zero-order chi connectivity index (χ0) is 22.1. The standard InChI is InChI=1S/C26H27N3O3/c1-3-32-24-13-17(6-9-23(24)30)16-29-12-10-20-21-14-19(31-2)7-8-22(21)28-25(20)26(29)18-5-4-11-27-15-18/h4-9,11,13-15,26,28,30H,3,10,12,16H2,1-2H3. The van der Waals surface area contributed by atoms with E-state index in [2.05, 4.69) is 33.1 Å². The van der Waals surface area contributed by atoms with Crippen LogP contribution in [0, 0.1) is 0 Å². The summed E-state index contributed by atoms with van der Waals surface area (Å²) in [7, 11) is 1.70. The zero-order valence-electron chi connectivity index (χ0n) is 18.3. The number of methoxy groups -OCH3 is 1. The normalized spacial score (nSPS) is 16.1. The second-order valence-corrected chi connectivity index (χ2v) is 8.07. The van der Waals surface area contributed by atoms with Gasteiger partial charge in [-0.05, 0) is 66.4 Å². The third kappa shape index (κ3) is 3.67. The maximum absolute atomic E-state index is 10.1. The van der Waals surface area contributed by atoms with Crippen LogP contribution in [0.15, 0.2) is 60.9 Å². The topological polar surface area (TPSA) is 70.6 Å². The molecule has 1 aliphatic rings. The Balaban J connectivity index is 1.56. The van der Waals surface area contributed by atoms with Crippen LogP contribution in [0.5, 0.6) is 17.2 Å². The fourth-order valence-corrected chi connectivity index (χ4v) is 4.69. The van der Waals surface area contributed by atoms with E-state index in [0.717, 1.165) is 41.9 Å². The molecule has 164 valence electrons. The molecule has 0 amide bonds. The van der Waals surface area contributed by atoms with E-state index in [0.29, 0.717) is 12.4 Å². The molecule has 3 heterocycles. The quantitative estimate of drug-likeness (QED) is 0.460. The minimum Gasteiger partial charge on any atom is -0.504 e. The molecule has 1 atom stereocenters. The van der Waals surface area contributed by atoms with Gasteiger partial charge in [-0.25, -0.2) is 0 Å². The van der Waals surface area contributed by atoms with E-state index in [1.807, 2.05) is 43.6 Å². The van der Waals surface area contributed by atoms with Gasteiger partial charge >= 0.3 is 0 Å². The summed E-state index contributed by atoms with van der Waals surface area (Å²) in [4.78, 5) is 10.5. The van der Waals surface area contributed by atoms with Gasteiger partial charge in [0.05, 0.1) is 19.8 Å². The average molecular weight is 430 g/mol. The molecule has 0 spiro atoms. The van der Waals surface area contributed by atoms with E-state index < -0.39 is 0 Å². The lowest BCUT2D eigenvalue weighted by molar-refractivity contribution is 0.201. The van der Waals surface area contributed by atoms with Gasteiger partial charge in [0.2, 0.25) is 0 Å². The summed E-state index contributed by atoms with van der Waals surface area (Å²) >= 11 is 0. The third-order valence-corrected chi connectivity index (χ3v) is 6.14. The first kappa shape index (κ1) is 20.4. The Bertz CT molecular complexity index is 1240. The number of ether oxygens (including phenoxy) is 2. The Morgan fingerprint density at radius 2 is 2.09 bits per heavy atom. The molecular formula is C26H27N3O3. The number of hydrogen-bond donors (Lipinski definition) is 2. The smallest absolute Gasteiger partial charge is 0.161 e. The Morgan fingerprint density at radius 1 is 1.19 bits per heavy atom. The molecular weight excluding hydrogens is 402 g/mol. The zero-order valence-corrected chi connectivity index (χ0v) is 18.3. The maximum atomic E-state index is 10.1. The molecule has 2 aromatic carbocycles. The molecule has 5 rings (SSSR count). The van der Waals surface area contributed by atoms with Crippen LogP contribution < -0.4 is 9.47 Å². The van der Waals surface area contributed by atoms with Crippen molar-refractivity contribution in [3.05, 3.63) is 83.3 Å². The number of nitrogens with one attached hydrogen (secondary N) is 1. The van der Waals surface area contributed by atoms with Gasteiger partial charge in [0.15, 0.2) is 11.5 Å². The minimum atomic E-state index is 0.0511. The first-order valence-corrected chi connectivity index (χ1v) is 10.9. The summed E-state index contributed by atoms with van der Waals surface area (Å²) in [6.07, 6.45) is 4.69. The van der Waals surface area contributed by atoms with Gasteiger partial charge in [-0.1, -0.05) is 12.1 Å². The fraction of sp³-hybridized carbons (Fsp3) is 0.269. The van der Waals surface area contributed by atoms with Crippen molar-refractivity contribution in [1.82, 2.24) is 14.9 Å². The predicted molar refractivity (Wildman–Crippen MR) is 124 cm³/mol. The number of fused-ring (bicyclic) bond motifs is 3. The summed E-state index contributed by atoms with van der Waals surface area (Å²) in [5, 5.41) is 11.3. The molecule has 0 saturated heterocycles. The van der Waals surface area contributed by atoms with Crippen LogP contribution in [0.3, 0.4) is 0 Å². The van der Waals surface area contributed by atoms with Crippen molar-refractivity contribution in [1.29, 1.82) is 0 Å².